The van der Waals surface area contributed by atoms with E-state index >= 15 is 0 Å². The Bertz CT molecular complexity index is 695. The third-order valence-electron chi connectivity index (χ3n) is 4.43. The lowest BCUT2D eigenvalue weighted by Crippen LogP contribution is -2.32. The largest absolute Gasteiger partial charge is 0.496 e. The van der Waals surface area contributed by atoms with Crippen molar-refractivity contribution in [3.8, 4) is 5.75 Å². The minimum atomic E-state index is -3.65. The molecule has 140 valence electrons. The van der Waals surface area contributed by atoms with Gasteiger partial charge in [0.05, 0.1) is 17.6 Å². The van der Waals surface area contributed by atoms with Crippen molar-refractivity contribution < 1.29 is 17.9 Å². The van der Waals surface area contributed by atoms with Gasteiger partial charge >= 0.3 is 0 Å². The minimum Gasteiger partial charge on any atom is -0.496 e. The number of benzene rings is 1. The Kier molecular flexibility index (Phi) is 6.84. The highest BCUT2D eigenvalue weighted by Crippen LogP contribution is 2.25. The highest BCUT2D eigenvalue weighted by Gasteiger charge is 2.22. The van der Waals surface area contributed by atoms with E-state index in [1.54, 1.807) is 0 Å². The Morgan fingerprint density at radius 3 is 2.52 bits per heavy atom. The molecule has 0 aliphatic heterocycles. The topological polar surface area (TPSA) is 84.5 Å². The average Bonchev–Trinajstić information content (AvgIpc) is 2.59. The maximum Gasteiger partial charge on any atom is 0.255 e. The molecule has 0 heterocycles. The number of hydrogen-bond acceptors (Lipinski definition) is 4. The van der Waals surface area contributed by atoms with Crippen LogP contribution in [0.25, 0.3) is 0 Å². The predicted molar refractivity (Wildman–Crippen MR) is 97.4 cm³/mol. The lowest BCUT2D eigenvalue weighted by molar-refractivity contribution is 0.0940. The van der Waals surface area contributed by atoms with Crippen LogP contribution < -0.4 is 14.8 Å². The summed E-state index contributed by atoms with van der Waals surface area (Å²) in [7, 11) is -2.20. The molecule has 1 fully saturated rings. The van der Waals surface area contributed by atoms with E-state index < -0.39 is 10.0 Å². The quantitative estimate of drug-likeness (QED) is 0.775. The molecule has 1 aliphatic carbocycles. The molecule has 1 amide bonds. The molecule has 1 aromatic carbocycles. The van der Waals surface area contributed by atoms with Crippen LogP contribution in [0.1, 0.15) is 56.3 Å². The van der Waals surface area contributed by atoms with Crippen LogP contribution in [0, 0.1) is 5.92 Å². The van der Waals surface area contributed by atoms with Crippen LogP contribution in [0.2, 0.25) is 0 Å². The Labute approximate surface area is 150 Å². The van der Waals surface area contributed by atoms with E-state index in [0.717, 1.165) is 25.7 Å². The standard InChI is InChI=1S/C18H28N2O4S/c1-13(2)20-18(21)16-11-15(9-10-17(16)24-3)25(22,23)19-12-14-7-5-4-6-8-14/h9-11,13-14,19H,4-8,12H2,1-3H3,(H,20,21). The van der Waals surface area contributed by atoms with Crippen molar-refractivity contribution in [3.63, 3.8) is 0 Å². The zero-order chi connectivity index (χ0) is 18.4. The van der Waals surface area contributed by atoms with Crippen molar-refractivity contribution in [3.05, 3.63) is 23.8 Å². The summed E-state index contributed by atoms with van der Waals surface area (Å²) in [4.78, 5) is 12.4. The van der Waals surface area contributed by atoms with Gasteiger partial charge in [-0.2, -0.15) is 0 Å². The molecular weight excluding hydrogens is 340 g/mol. The molecule has 1 aromatic rings. The van der Waals surface area contributed by atoms with Gasteiger partial charge in [0.1, 0.15) is 5.75 Å². The zero-order valence-electron chi connectivity index (χ0n) is 15.2. The number of carbonyl (C=O) groups excluding carboxylic acids is 1. The lowest BCUT2D eigenvalue weighted by Gasteiger charge is -2.21. The molecule has 0 aromatic heterocycles. The Morgan fingerprint density at radius 2 is 1.92 bits per heavy atom. The molecule has 0 spiro atoms. The van der Waals surface area contributed by atoms with Crippen molar-refractivity contribution in [2.24, 2.45) is 5.92 Å². The number of rotatable bonds is 7. The molecule has 2 rings (SSSR count). The van der Waals surface area contributed by atoms with Crippen LogP contribution in [0.15, 0.2) is 23.1 Å². The van der Waals surface area contributed by atoms with E-state index in [4.69, 9.17) is 4.74 Å². The Balaban J connectivity index is 2.17. The van der Waals surface area contributed by atoms with E-state index in [1.165, 1.54) is 31.7 Å². The number of amides is 1. The van der Waals surface area contributed by atoms with Gasteiger partial charge in [-0.3, -0.25) is 4.79 Å². The third kappa shape index (κ3) is 5.44. The first-order valence-electron chi connectivity index (χ1n) is 8.82. The number of nitrogens with one attached hydrogen (secondary N) is 2. The number of hydrogen-bond donors (Lipinski definition) is 2. The molecule has 0 saturated heterocycles. The number of ether oxygens (including phenoxy) is 1. The molecule has 0 atom stereocenters. The van der Waals surface area contributed by atoms with Gasteiger partial charge in [0.2, 0.25) is 10.0 Å². The summed E-state index contributed by atoms with van der Waals surface area (Å²) in [5.74, 6) is 0.394. The van der Waals surface area contributed by atoms with E-state index in [0.29, 0.717) is 18.2 Å². The first kappa shape index (κ1) is 19.7. The van der Waals surface area contributed by atoms with Gasteiger partial charge in [-0.15, -0.1) is 0 Å². The van der Waals surface area contributed by atoms with Gasteiger partial charge < -0.3 is 10.1 Å². The summed E-state index contributed by atoms with van der Waals surface area (Å²) in [6.45, 7) is 4.13. The van der Waals surface area contributed by atoms with E-state index in [9.17, 15) is 13.2 Å². The molecular formula is C18H28N2O4S. The second kappa shape index (κ2) is 8.67. The third-order valence-corrected chi connectivity index (χ3v) is 5.85. The van der Waals surface area contributed by atoms with Gasteiger partial charge in [-0.05, 0) is 50.8 Å². The smallest absolute Gasteiger partial charge is 0.255 e. The maximum absolute atomic E-state index is 12.6. The molecule has 6 nitrogen and oxygen atoms in total. The highest BCUT2D eigenvalue weighted by atomic mass is 32.2. The Morgan fingerprint density at radius 1 is 1.24 bits per heavy atom. The molecule has 0 unspecified atom stereocenters. The first-order valence-corrected chi connectivity index (χ1v) is 10.3. The molecule has 1 saturated carbocycles. The van der Waals surface area contributed by atoms with Crippen molar-refractivity contribution in [1.29, 1.82) is 0 Å². The fraction of sp³-hybridized carbons (Fsp3) is 0.611. The van der Waals surface area contributed by atoms with Crippen molar-refractivity contribution in [2.45, 2.75) is 56.9 Å². The van der Waals surface area contributed by atoms with E-state index in [1.807, 2.05) is 13.8 Å². The van der Waals surface area contributed by atoms with Crippen molar-refractivity contribution in [2.75, 3.05) is 13.7 Å². The fourth-order valence-electron chi connectivity index (χ4n) is 3.07. The van der Waals surface area contributed by atoms with Crippen molar-refractivity contribution in [1.82, 2.24) is 10.0 Å². The van der Waals surface area contributed by atoms with Crippen LogP contribution >= 0.6 is 0 Å². The monoisotopic (exact) mass is 368 g/mol. The second-order valence-electron chi connectivity index (χ2n) is 6.85. The molecule has 7 heteroatoms. The fourth-order valence-corrected chi connectivity index (χ4v) is 4.22. The summed E-state index contributed by atoms with van der Waals surface area (Å²) >= 11 is 0. The number of methoxy groups -OCH3 is 1. The predicted octanol–water partition coefficient (Wildman–Crippen LogP) is 2.69. The summed E-state index contributed by atoms with van der Waals surface area (Å²) in [5, 5.41) is 2.76. The van der Waals surface area contributed by atoms with Crippen LogP contribution in [0.4, 0.5) is 0 Å². The summed E-state index contributed by atoms with van der Waals surface area (Å²) < 4.78 is 33.1. The van der Waals surface area contributed by atoms with Crippen molar-refractivity contribution >= 4 is 15.9 Å². The van der Waals surface area contributed by atoms with E-state index in [-0.39, 0.29) is 22.4 Å². The summed E-state index contributed by atoms with van der Waals surface area (Å²) in [6, 6.07) is 4.31. The SMILES string of the molecule is COc1ccc(S(=O)(=O)NCC2CCCCC2)cc1C(=O)NC(C)C. The van der Waals surface area contributed by atoms with Crippen LogP contribution in [-0.4, -0.2) is 34.0 Å². The first-order chi connectivity index (χ1) is 11.8. The van der Waals surface area contributed by atoms with Gasteiger partial charge in [0.25, 0.3) is 5.91 Å². The van der Waals surface area contributed by atoms with Gasteiger partial charge in [-0.1, -0.05) is 19.3 Å². The van der Waals surface area contributed by atoms with Crippen LogP contribution in [0.3, 0.4) is 0 Å². The molecule has 2 N–H and O–H groups in total. The normalized spacial score (nSPS) is 16.0. The van der Waals surface area contributed by atoms with E-state index in [2.05, 4.69) is 10.0 Å². The number of carbonyl (C=O) groups is 1. The zero-order valence-corrected chi connectivity index (χ0v) is 16.0. The minimum absolute atomic E-state index is 0.0538. The highest BCUT2D eigenvalue weighted by molar-refractivity contribution is 7.89. The summed E-state index contributed by atoms with van der Waals surface area (Å²) in [5.41, 5.74) is 0.219. The molecule has 0 radical (unpaired) electrons. The van der Waals surface area contributed by atoms with Gasteiger partial charge in [0.15, 0.2) is 0 Å². The second-order valence-corrected chi connectivity index (χ2v) is 8.61. The molecule has 25 heavy (non-hydrogen) atoms. The number of sulfonamides is 1. The lowest BCUT2D eigenvalue weighted by atomic mass is 9.90. The molecule has 1 aliphatic rings. The maximum atomic E-state index is 12.6. The summed E-state index contributed by atoms with van der Waals surface area (Å²) in [6.07, 6.45) is 5.68. The molecule has 0 bridgehead atoms. The van der Waals surface area contributed by atoms with Crippen LogP contribution in [-0.2, 0) is 10.0 Å². The van der Waals surface area contributed by atoms with Gasteiger partial charge in [-0.25, -0.2) is 13.1 Å². The van der Waals surface area contributed by atoms with Gasteiger partial charge in [0, 0.05) is 12.6 Å². The van der Waals surface area contributed by atoms with Crippen LogP contribution in [0.5, 0.6) is 5.75 Å². The Hall–Kier alpha value is -1.60. The average molecular weight is 368 g/mol.